The van der Waals surface area contributed by atoms with Crippen molar-refractivity contribution in [3.8, 4) is 6.07 Å². The van der Waals surface area contributed by atoms with E-state index in [2.05, 4.69) is 6.07 Å². The largest absolute Gasteiger partial charge is 0.396 e. The second-order valence-electron chi connectivity index (χ2n) is 4.31. The summed E-state index contributed by atoms with van der Waals surface area (Å²) >= 11 is 0. The lowest BCUT2D eigenvalue weighted by molar-refractivity contribution is -0.117. The topological polar surface area (TPSA) is 64.3 Å². The van der Waals surface area contributed by atoms with Crippen LogP contribution in [0, 0.1) is 17.2 Å². The third-order valence-electron chi connectivity index (χ3n) is 3.28. The van der Waals surface area contributed by atoms with Crippen LogP contribution in [0.5, 0.6) is 0 Å². The zero-order valence-electron chi connectivity index (χ0n) is 9.63. The van der Waals surface area contributed by atoms with E-state index in [1.165, 1.54) is 0 Å². The molecular weight excluding hydrogens is 216 g/mol. The van der Waals surface area contributed by atoms with Crippen LogP contribution in [0.2, 0.25) is 0 Å². The molecule has 17 heavy (non-hydrogen) atoms. The molecule has 1 N–H and O–H groups in total. The average molecular weight is 230 g/mol. The van der Waals surface area contributed by atoms with Gasteiger partial charge in [0.25, 0.3) is 0 Å². The van der Waals surface area contributed by atoms with Gasteiger partial charge in [-0.15, -0.1) is 0 Å². The zero-order valence-corrected chi connectivity index (χ0v) is 9.63. The van der Waals surface area contributed by atoms with Crippen molar-refractivity contribution in [1.29, 1.82) is 5.26 Å². The van der Waals surface area contributed by atoms with Crippen LogP contribution in [0.25, 0.3) is 0 Å². The smallest absolute Gasteiger partial charge is 0.227 e. The van der Waals surface area contributed by atoms with E-state index in [1.807, 2.05) is 13.0 Å². The van der Waals surface area contributed by atoms with E-state index in [9.17, 15) is 9.90 Å². The quantitative estimate of drug-likeness (QED) is 0.832. The fourth-order valence-electron chi connectivity index (χ4n) is 2.25. The predicted molar refractivity (Wildman–Crippen MR) is 63.3 cm³/mol. The Hall–Kier alpha value is -1.86. The molecule has 88 valence electrons. The van der Waals surface area contributed by atoms with Gasteiger partial charge in [-0.2, -0.15) is 5.26 Å². The number of nitrogens with zero attached hydrogens (tertiary/aromatic N) is 2. The van der Waals surface area contributed by atoms with Gasteiger partial charge in [-0.1, -0.05) is 6.07 Å². The first-order valence-corrected chi connectivity index (χ1v) is 5.60. The second-order valence-corrected chi connectivity index (χ2v) is 4.31. The lowest BCUT2D eigenvalue weighted by atomic mass is 10.0. The Morgan fingerprint density at radius 2 is 2.35 bits per heavy atom. The minimum atomic E-state index is -0.0264. The third-order valence-corrected chi connectivity index (χ3v) is 3.28. The van der Waals surface area contributed by atoms with Gasteiger partial charge in [0.05, 0.1) is 11.6 Å². The molecule has 1 heterocycles. The van der Waals surface area contributed by atoms with Gasteiger partial charge in [0, 0.05) is 30.7 Å². The first-order chi connectivity index (χ1) is 8.17. The fourth-order valence-corrected chi connectivity index (χ4v) is 2.25. The number of amides is 1. The summed E-state index contributed by atoms with van der Waals surface area (Å²) in [4.78, 5) is 13.6. The summed E-state index contributed by atoms with van der Waals surface area (Å²) in [7, 11) is 0. The van der Waals surface area contributed by atoms with Gasteiger partial charge >= 0.3 is 0 Å². The first kappa shape index (κ1) is 11.6. The van der Waals surface area contributed by atoms with Crippen LogP contribution in [0.1, 0.15) is 18.9 Å². The Morgan fingerprint density at radius 3 is 2.94 bits per heavy atom. The van der Waals surface area contributed by atoms with Gasteiger partial charge in [0.15, 0.2) is 0 Å². The van der Waals surface area contributed by atoms with Crippen molar-refractivity contribution >= 4 is 11.6 Å². The number of aliphatic hydroxyl groups is 1. The van der Waals surface area contributed by atoms with Crippen molar-refractivity contribution in [3.05, 3.63) is 29.8 Å². The molecule has 2 unspecified atom stereocenters. The van der Waals surface area contributed by atoms with E-state index in [1.54, 1.807) is 23.1 Å². The molecule has 2 rings (SSSR count). The minimum absolute atomic E-state index is 0.00615. The van der Waals surface area contributed by atoms with E-state index < -0.39 is 0 Å². The molecule has 0 aliphatic carbocycles. The molecule has 0 radical (unpaired) electrons. The summed E-state index contributed by atoms with van der Waals surface area (Å²) < 4.78 is 0. The maximum atomic E-state index is 11.9. The highest BCUT2D eigenvalue weighted by Gasteiger charge is 2.37. The van der Waals surface area contributed by atoms with Crippen molar-refractivity contribution in [2.45, 2.75) is 19.4 Å². The van der Waals surface area contributed by atoms with Crippen LogP contribution in [0.4, 0.5) is 5.69 Å². The molecule has 2 atom stereocenters. The number of carbonyl (C=O) groups is 1. The van der Waals surface area contributed by atoms with Gasteiger partial charge in [-0.05, 0) is 25.1 Å². The molecule has 1 amide bonds. The Balaban J connectivity index is 2.33. The Kier molecular flexibility index (Phi) is 3.12. The lowest BCUT2D eigenvalue weighted by Crippen LogP contribution is -2.33. The molecule has 1 aliphatic heterocycles. The Bertz CT molecular complexity index is 479. The SMILES string of the molecule is CC1C(CO)CC(=O)N1c1cccc(C#N)c1. The number of hydrogen-bond donors (Lipinski definition) is 1. The summed E-state index contributed by atoms with van der Waals surface area (Å²) in [5, 5.41) is 18.0. The monoisotopic (exact) mass is 230 g/mol. The highest BCUT2D eigenvalue weighted by atomic mass is 16.3. The number of hydrogen-bond acceptors (Lipinski definition) is 3. The van der Waals surface area contributed by atoms with Gasteiger partial charge in [0.1, 0.15) is 0 Å². The van der Waals surface area contributed by atoms with Gasteiger partial charge < -0.3 is 10.0 Å². The maximum Gasteiger partial charge on any atom is 0.227 e. The standard InChI is InChI=1S/C13H14N2O2/c1-9-11(8-16)6-13(17)15(9)12-4-2-3-10(5-12)7-14/h2-5,9,11,16H,6,8H2,1H3. The number of carbonyl (C=O) groups excluding carboxylic acids is 1. The number of anilines is 1. The molecule has 1 saturated heterocycles. The summed E-state index contributed by atoms with van der Waals surface area (Å²) in [6, 6.07) is 9.02. The normalized spacial score (nSPS) is 23.8. The van der Waals surface area contributed by atoms with E-state index in [-0.39, 0.29) is 24.5 Å². The van der Waals surface area contributed by atoms with Crippen LogP contribution in [-0.2, 0) is 4.79 Å². The predicted octanol–water partition coefficient (Wildman–Crippen LogP) is 1.29. The van der Waals surface area contributed by atoms with Gasteiger partial charge in [0.2, 0.25) is 5.91 Å². The summed E-state index contributed by atoms with van der Waals surface area (Å²) in [6.07, 6.45) is 0.369. The summed E-state index contributed by atoms with van der Waals surface area (Å²) in [5.74, 6) is -0.0140. The Labute approximate surface area is 100 Å². The second kappa shape index (κ2) is 4.56. The molecule has 1 aromatic rings. The fraction of sp³-hybridized carbons (Fsp3) is 0.385. The van der Waals surface area contributed by atoms with Crippen molar-refractivity contribution in [3.63, 3.8) is 0 Å². The van der Waals surface area contributed by atoms with Crippen molar-refractivity contribution < 1.29 is 9.90 Å². The molecule has 1 aromatic carbocycles. The number of aliphatic hydroxyl groups excluding tert-OH is 1. The molecule has 0 bridgehead atoms. The van der Waals surface area contributed by atoms with Crippen molar-refractivity contribution in [2.75, 3.05) is 11.5 Å². The van der Waals surface area contributed by atoms with Crippen LogP contribution < -0.4 is 4.90 Å². The summed E-state index contributed by atoms with van der Waals surface area (Å²) in [5.41, 5.74) is 1.27. The number of benzene rings is 1. The van der Waals surface area contributed by atoms with Gasteiger partial charge in [-0.25, -0.2) is 0 Å². The van der Waals surface area contributed by atoms with E-state index >= 15 is 0 Å². The van der Waals surface area contributed by atoms with Crippen molar-refractivity contribution in [1.82, 2.24) is 0 Å². The molecule has 0 spiro atoms. The highest BCUT2D eigenvalue weighted by Crippen LogP contribution is 2.30. The van der Waals surface area contributed by atoms with Crippen molar-refractivity contribution in [2.24, 2.45) is 5.92 Å². The highest BCUT2D eigenvalue weighted by molar-refractivity contribution is 5.96. The molecule has 4 nitrogen and oxygen atoms in total. The van der Waals surface area contributed by atoms with E-state index in [0.29, 0.717) is 12.0 Å². The van der Waals surface area contributed by atoms with Gasteiger partial charge in [-0.3, -0.25) is 4.79 Å². The molecule has 4 heteroatoms. The summed E-state index contributed by atoms with van der Waals surface area (Å²) in [6.45, 7) is 1.94. The van der Waals surface area contributed by atoms with Crippen LogP contribution in [-0.4, -0.2) is 23.7 Å². The van der Waals surface area contributed by atoms with Crippen LogP contribution in [0.15, 0.2) is 24.3 Å². The molecule has 0 aromatic heterocycles. The third kappa shape index (κ3) is 2.02. The molecule has 1 aliphatic rings. The van der Waals surface area contributed by atoms with E-state index in [4.69, 9.17) is 5.26 Å². The van der Waals surface area contributed by atoms with Crippen LogP contribution in [0.3, 0.4) is 0 Å². The Morgan fingerprint density at radius 1 is 1.59 bits per heavy atom. The molecule has 0 saturated carbocycles. The number of nitriles is 1. The average Bonchev–Trinajstić information content (AvgIpc) is 2.64. The first-order valence-electron chi connectivity index (χ1n) is 5.60. The zero-order chi connectivity index (χ0) is 12.4. The maximum absolute atomic E-state index is 11.9. The van der Waals surface area contributed by atoms with Crippen LogP contribution >= 0.6 is 0 Å². The minimum Gasteiger partial charge on any atom is -0.396 e. The molecule has 1 fully saturated rings. The number of rotatable bonds is 2. The lowest BCUT2D eigenvalue weighted by Gasteiger charge is -2.24. The molecular formula is C13H14N2O2. The van der Waals surface area contributed by atoms with E-state index in [0.717, 1.165) is 5.69 Å².